The summed E-state index contributed by atoms with van der Waals surface area (Å²) in [7, 11) is 0. The van der Waals surface area contributed by atoms with Crippen LogP contribution >= 0.6 is 11.3 Å². The lowest BCUT2D eigenvalue weighted by molar-refractivity contribution is -0.121. The fourth-order valence-electron chi connectivity index (χ4n) is 3.96. The van der Waals surface area contributed by atoms with E-state index >= 15 is 0 Å². The fraction of sp³-hybridized carbons (Fsp3) is 0.478. The molecule has 0 aromatic carbocycles. The SMILES string of the molecule is CCC(CC)C(NC(=O)Cc1c(C)nn(-c2nc(C)cc(C)n2)c1C)c1cccs1. The van der Waals surface area contributed by atoms with Crippen molar-refractivity contribution in [1.29, 1.82) is 0 Å². The molecule has 3 aromatic rings. The molecule has 0 radical (unpaired) electrons. The van der Waals surface area contributed by atoms with Gasteiger partial charge in [0.15, 0.2) is 0 Å². The summed E-state index contributed by atoms with van der Waals surface area (Å²) in [5.41, 5.74) is 4.47. The first-order chi connectivity index (χ1) is 14.3. The third kappa shape index (κ3) is 4.78. The molecule has 30 heavy (non-hydrogen) atoms. The second kappa shape index (κ2) is 9.51. The highest BCUT2D eigenvalue weighted by Gasteiger charge is 2.25. The van der Waals surface area contributed by atoms with Crippen molar-refractivity contribution in [1.82, 2.24) is 25.1 Å². The van der Waals surface area contributed by atoms with Crippen molar-refractivity contribution in [3.8, 4) is 5.95 Å². The van der Waals surface area contributed by atoms with E-state index in [2.05, 4.69) is 45.7 Å². The summed E-state index contributed by atoms with van der Waals surface area (Å²) in [4.78, 5) is 23.3. The summed E-state index contributed by atoms with van der Waals surface area (Å²) < 4.78 is 1.75. The Hall–Kier alpha value is -2.54. The lowest BCUT2D eigenvalue weighted by Gasteiger charge is -2.25. The number of aryl methyl sites for hydroxylation is 3. The normalized spacial score (nSPS) is 12.4. The zero-order valence-electron chi connectivity index (χ0n) is 18.7. The Kier molecular flexibility index (Phi) is 7.02. The van der Waals surface area contributed by atoms with Gasteiger partial charge in [-0.15, -0.1) is 11.3 Å². The monoisotopic (exact) mass is 425 g/mol. The highest BCUT2D eigenvalue weighted by molar-refractivity contribution is 7.10. The highest BCUT2D eigenvalue weighted by Crippen LogP contribution is 2.30. The molecular weight excluding hydrogens is 394 g/mol. The van der Waals surface area contributed by atoms with E-state index in [-0.39, 0.29) is 11.9 Å². The van der Waals surface area contributed by atoms with Crippen LogP contribution in [0.4, 0.5) is 0 Å². The third-order valence-corrected chi connectivity index (χ3v) is 6.58. The van der Waals surface area contributed by atoms with Crippen LogP contribution in [0.2, 0.25) is 0 Å². The van der Waals surface area contributed by atoms with Crippen LogP contribution in [0.15, 0.2) is 23.6 Å². The van der Waals surface area contributed by atoms with Gasteiger partial charge < -0.3 is 5.32 Å². The van der Waals surface area contributed by atoms with Crippen molar-refractivity contribution >= 4 is 17.2 Å². The van der Waals surface area contributed by atoms with E-state index in [4.69, 9.17) is 0 Å². The van der Waals surface area contributed by atoms with E-state index in [9.17, 15) is 4.79 Å². The Morgan fingerprint density at radius 2 is 1.80 bits per heavy atom. The van der Waals surface area contributed by atoms with Gasteiger partial charge in [-0.3, -0.25) is 4.79 Å². The molecule has 3 heterocycles. The summed E-state index contributed by atoms with van der Waals surface area (Å²) in [5.74, 6) is 0.988. The van der Waals surface area contributed by atoms with Gasteiger partial charge in [0.2, 0.25) is 5.91 Å². The standard InChI is InChI=1S/C23H31N5OS/c1-7-18(8-2)22(20-10-9-11-30-20)26-21(29)13-19-16(5)27-28(17(19)6)23-24-14(3)12-15(4)25-23/h9-12,18,22H,7-8,13H2,1-6H3,(H,26,29). The second-order valence-corrected chi connectivity index (χ2v) is 8.81. The topological polar surface area (TPSA) is 72.7 Å². The summed E-state index contributed by atoms with van der Waals surface area (Å²) in [6.45, 7) is 12.2. The van der Waals surface area contributed by atoms with Crippen molar-refractivity contribution in [3.05, 3.63) is 56.8 Å². The molecule has 7 heteroatoms. The molecule has 0 saturated carbocycles. The fourth-order valence-corrected chi connectivity index (χ4v) is 4.83. The quantitative estimate of drug-likeness (QED) is 0.563. The Bertz CT molecular complexity index is 985. The number of thiophene rings is 1. The third-order valence-electron chi connectivity index (χ3n) is 5.62. The number of hydrogen-bond acceptors (Lipinski definition) is 5. The van der Waals surface area contributed by atoms with Gasteiger partial charge in [0.05, 0.1) is 18.2 Å². The zero-order valence-corrected chi connectivity index (χ0v) is 19.5. The number of nitrogens with one attached hydrogen (secondary N) is 1. The summed E-state index contributed by atoms with van der Waals surface area (Å²) in [5, 5.41) is 9.99. The van der Waals surface area contributed by atoms with Crippen LogP contribution in [0.3, 0.4) is 0 Å². The molecule has 3 aromatic heterocycles. The van der Waals surface area contributed by atoms with Crippen LogP contribution in [-0.2, 0) is 11.2 Å². The molecule has 1 amide bonds. The predicted octanol–water partition coefficient (Wildman–Crippen LogP) is 4.79. The molecule has 0 saturated heterocycles. The van der Waals surface area contributed by atoms with Gasteiger partial charge in [0.25, 0.3) is 5.95 Å². The minimum Gasteiger partial charge on any atom is -0.348 e. The molecule has 0 bridgehead atoms. The Morgan fingerprint density at radius 1 is 1.13 bits per heavy atom. The Balaban J connectivity index is 1.83. The average molecular weight is 426 g/mol. The first kappa shape index (κ1) is 22.2. The number of amides is 1. The maximum absolute atomic E-state index is 13.0. The molecule has 1 unspecified atom stereocenters. The van der Waals surface area contributed by atoms with Crippen molar-refractivity contribution in [3.63, 3.8) is 0 Å². The van der Waals surface area contributed by atoms with Crippen LogP contribution < -0.4 is 5.32 Å². The Morgan fingerprint density at radius 3 is 2.37 bits per heavy atom. The lowest BCUT2D eigenvalue weighted by Crippen LogP contribution is -2.34. The first-order valence-electron chi connectivity index (χ1n) is 10.5. The summed E-state index contributed by atoms with van der Waals surface area (Å²) >= 11 is 1.70. The van der Waals surface area contributed by atoms with Gasteiger partial charge in [0, 0.05) is 27.5 Å². The summed E-state index contributed by atoms with van der Waals surface area (Å²) in [6, 6.07) is 6.14. The first-order valence-corrected chi connectivity index (χ1v) is 11.4. The maximum atomic E-state index is 13.0. The van der Waals surface area contributed by atoms with Gasteiger partial charge in [-0.25, -0.2) is 14.6 Å². The largest absolute Gasteiger partial charge is 0.348 e. The Labute approximate surface area is 182 Å². The van der Waals surface area contributed by atoms with Crippen LogP contribution in [0.1, 0.15) is 65.9 Å². The molecule has 160 valence electrons. The van der Waals surface area contributed by atoms with E-state index in [1.165, 1.54) is 4.88 Å². The van der Waals surface area contributed by atoms with E-state index in [1.54, 1.807) is 16.0 Å². The van der Waals surface area contributed by atoms with Crippen molar-refractivity contribution in [2.24, 2.45) is 5.92 Å². The molecule has 1 N–H and O–H groups in total. The van der Waals surface area contributed by atoms with Crippen LogP contribution in [0.25, 0.3) is 5.95 Å². The van der Waals surface area contributed by atoms with Crippen LogP contribution in [0.5, 0.6) is 0 Å². The number of carbonyl (C=O) groups is 1. The number of rotatable bonds is 8. The molecule has 0 fully saturated rings. The minimum absolute atomic E-state index is 0.0207. The molecule has 0 aliphatic carbocycles. The van der Waals surface area contributed by atoms with Crippen LogP contribution in [-0.4, -0.2) is 25.7 Å². The minimum atomic E-state index is 0.0207. The second-order valence-electron chi connectivity index (χ2n) is 7.83. The van der Waals surface area contributed by atoms with E-state index in [0.717, 1.165) is 41.2 Å². The van der Waals surface area contributed by atoms with Gasteiger partial charge >= 0.3 is 0 Å². The van der Waals surface area contributed by atoms with E-state index < -0.39 is 0 Å². The van der Waals surface area contributed by atoms with Crippen molar-refractivity contribution < 1.29 is 4.79 Å². The van der Waals surface area contributed by atoms with Gasteiger partial charge in [-0.1, -0.05) is 32.8 Å². The lowest BCUT2D eigenvalue weighted by atomic mass is 9.92. The number of aromatic nitrogens is 4. The van der Waals surface area contributed by atoms with Gasteiger partial charge in [-0.2, -0.15) is 5.10 Å². The molecule has 6 nitrogen and oxygen atoms in total. The molecule has 0 spiro atoms. The molecule has 0 aliphatic heterocycles. The predicted molar refractivity (Wildman–Crippen MR) is 121 cm³/mol. The molecule has 0 aliphatic rings. The molecule has 1 atom stereocenters. The van der Waals surface area contributed by atoms with E-state index in [0.29, 0.717) is 18.3 Å². The van der Waals surface area contributed by atoms with Gasteiger partial charge in [0.1, 0.15) is 0 Å². The highest BCUT2D eigenvalue weighted by atomic mass is 32.1. The summed E-state index contributed by atoms with van der Waals surface area (Å²) in [6.07, 6.45) is 2.35. The van der Waals surface area contributed by atoms with E-state index in [1.807, 2.05) is 39.8 Å². The number of nitrogens with zero attached hydrogens (tertiary/aromatic N) is 4. The molecule has 3 rings (SSSR count). The smallest absolute Gasteiger partial charge is 0.251 e. The number of carbonyl (C=O) groups excluding carboxylic acids is 1. The zero-order chi connectivity index (χ0) is 21.8. The average Bonchev–Trinajstić information content (AvgIpc) is 3.31. The van der Waals surface area contributed by atoms with Gasteiger partial charge in [-0.05, 0) is 51.1 Å². The molecular formula is C23H31N5OS. The number of hydrogen-bond donors (Lipinski definition) is 1. The maximum Gasteiger partial charge on any atom is 0.251 e. The van der Waals surface area contributed by atoms with Crippen molar-refractivity contribution in [2.75, 3.05) is 0 Å². The van der Waals surface area contributed by atoms with Crippen molar-refractivity contribution in [2.45, 2.75) is 66.8 Å². The van der Waals surface area contributed by atoms with Crippen LogP contribution in [0, 0.1) is 33.6 Å².